The van der Waals surface area contributed by atoms with Crippen molar-refractivity contribution in [2.75, 3.05) is 13.2 Å². The highest BCUT2D eigenvalue weighted by atomic mass is 16.6. The molecule has 0 aromatic rings. The second-order valence-electron chi connectivity index (χ2n) is 16.8. The van der Waals surface area contributed by atoms with Crippen LogP contribution in [-0.2, 0) is 28.6 Å². The first-order valence-corrected chi connectivity index (χ1v) is 26.0. The van der Waals surface area contributed by atoms with Gasteiger partial charge >= 0.3 is 17.9 Å². The van der Waals surface area contributed by atoms with Gasteiger partial charge in [0.15, 0.2) is 6.10 Å². The molecule has 0 fully saturated rings. The van der Waals surface area contributed by atoms with E-state index in [1.165, 1.54) is 96.3 Å². The second kappa shape index (κ2) is 51.7. The maximum absolute atomic E-state index is 12.8. The van der Waals surface area contributed by atoms with E-state index in [0.29, 0.717) is 6.42 Å². The van der Waals surface area contributed by atoms with Crippen LogP contribution >= 0.6 is 0 Å². The molecule has 64 heavy (non-hydrogen) atoms. The Kier molecular flexibility index (Phi) is 48.5. The van der Waals surface area contributed by atoms with Crippen LogP contribution in [0.15, 0.2) is 109 Å². The number of allylic oxidation sites excluding steroid dienone is 17. The van der Waals surface area contributed by atoms with Crippen LogP contribution in [0.2, 0.25) is 0 Å². The van der Waals surface area contributed by atoms with Crippen LogP contribution in [0.5, 0.6) is 0 Å². The molecule has 362 valence electrons. The standard InChI is InChI=1S/C58H94O6/c1-4-7-10-13-16-19-21-23-25-27-29-31-32-34-36-39-42-45-48-51-57(60)63-54-55(53-62-56(59)50-47-44-41-38-18-15-12-9-6-3)64-58(61)52-49-46-43-40-37-35-33-30-28-26-24-22-20-17-14-11-8-5-2/h9,12,16-24,26,28,30,33,38,44,47,55H,4-8,10-11,13-15,25,27,29,31-32,34-37,39-43,45-46,48-54H2,1-3H3/b12-9-,19-16-,20-17-,23-21-,24-22-,28-26-,33-30-,38-18-,47-44-. The Balaban J connectivity index is 4.42. The summed E-state index contributed by atoms with van der Waals surface area (Å²) in [6.45, 7) is 6.32. The Labute approximate surface area is 393 Å². The average molecular weight is 887 g/mol. The first-order valence-electron chi connectivity index (χ1n) is 26.0. The molecule has 6 nitrogen and oxygen atoms in total. The molecule has 0 heterocycles. The number of rotatable bonds is 45. The van der Waals surface area contributed by atoms with Crippen molar-refractivity contribution in [2.45, 2.75) is 226 Å². The Morgan fingerprint density at radius 2 is 0.719 bits per heavy atom. The van der Waals surface area contributed by atoms with Crippen LogP contribution in [-0.4, -0.2) is 37.2 Å². The molecule has 1 unspecified atom stereocenters. The first kappa shape index (κ1) is 60.1. The third kappa shape index (κ3) is 49.1. The van der Waals surface area contributed by atoms with E-state index >= 15 is 0 Å². The Morgan fingerprint density at radius 1 is 0.359 bits per heavy atom. The summed E-state index contributed by atoms with van der Waals surface area (Å²) in [6, 6.07) is 0. The SMILES string of the molecule is CC/C=C\C/C=C\C/C=C\CC(=O)OCC(COC(=O)CCCCCCCCCCCC/C=C\C=C/CCCCC)OC(=O)CCCCCCC\C=C/C=C\C=C/C=C\CCCCC. The van der Waals surface area contributed by atoms with Crippen molar-refractivity contribution in [3.63, 3.8) is 0 Å². The average Bonchev–Trinajstić information content (AvgIpc) is 3.29. The zero-order chi connectivity index (χ0) is 46.5. The zero-order valence-electron chi connectivity index (χ0n) is 41.3. The van der Waals surface area contributed by atoms with Crippen LogP contribution in [0.1, 0.15) is 220 Å². The van der Waals surface area contributed by atoms with Gasteiger partial charge in [0.05, 0.1) is 6.42 Å². The molecule has 0 aromatic heterocycles. The quantitative estimate of drug-likeness (QED) is 0.0199. The minimum absolute atomic E-state index is 0.118. The van der Waals surface area contributed by atoms with Crippen LogP contribution in [0.3, 0.4) is 0 Å². The summed E-state index contributed by atoms with van der Waals surface area (Å²) in [6.07, 6.45) is 69.6. The molecule has 0 aromatic carbocycles. The van der Waals surface area contributed by atoms with Gasteiger partial charge < -0.3 is 14.2 Å². The highest BCUT2D eigenvalue weighted by molar-refractivity contribution is 5.72. The second-order valence-corrected chi connectivity index (χ2v) is 16.8. The van der Waals surface area contributed by atoms with E-state index in [0.717, 1.165) is 83.5 Å². The minimum atomic E-state index is -0.828. The fourth-order valence-corrected chi connectivity index (χ4v) is 6.74. The van der Waals surface area contributed by atoms with E-state index in [2.05, 4.69) is 118 Å². The van der Waals surface area contributed by atoms with Gasteiger partial charge in [0.25, 0.3) is 0 Å². The monoisotopic (exact) mass is 887 g/mol. The van der Waals surface area contributed by atoms with Crippen molar-refractivity contribution < 1.29 is 28.6 Å². The summed E-state index contributed by atoms with van der Waals surface area (Å²) >= 11 is 0. The maximum Gasteiger partial charge on any atom is 0.309 e. The molecular formula is C58H94O6. The molecule has 0 aliphatic carbocycles. The number of hydrogen-bond donors (Lipinski definition) is 0. The van der Waals surface area contributed by atoms with Crippen LogP contribution in [0, 0.1) is 0 Å². The van der Waals surface area contributed by atoms with Gasteiger partial charge in [-0.25, -0.2) is 0 Å². The maximum atomic E-state index is 12.8. The Morgan fingerprint density at radius 3 is 1.19 bits per heavy atom. The third-order valence-electron chi connectivity index (χ3n) is 10.6. The van der Waals surface area contributed by atoms with E-state index in [1.807, 2.05) is 6.08 Å². The van der Waals surface area contributed by atoms with E-state index in [9.17, 15) is 14.4 Å². The third-order valence-corrected chi connectivity index (χ3v) is 10.6. The first-order chi connectivity index (χ1) is 31.5. The predicted molar refractivity (Wildman–Crippen MR) is 274 cm³/mol. The number of carbonyl (C=O) groups is 3. The largest absolute Gasteiger partial charge is 0.462 e. The summed E-state index contributed by atoms with van der Waals surface area (Å²) in [5.74, 6) is -1.08. The van der Waals surface area contributed by atoms with E-state index in [1.54, 1.807) is 6.08 Å². The number of esters is 3. The fraction of sp³-hybridized carbons (Fsp3) is 0.638. The van der Waals surface area contributed by atoms with Gasteiger partial charge in [-0.3, -0.25) is 14.4 Å². The highest BCUT2D eigenvalue weighted by Gasteiger charge is 2.19. The molecule has 0 bridgehead atoms. The van der Waals surface area contributed by atoms with Crippen molar-refractivity contribution in [3.05, 3.63) is 109 Å². The van der Waals surface area contributed by atoms with Gasteiger partial charge in [-0.05, 0) is 83.5 Å². The number of ether oxygens (including phenoxy) is 3. The molecule has 0 saturated carbocycles. The molecule has 0 saturated heterocycles. The number of hydrogen-bond acceptors (Lipinski definition) is 6. The van der Waals surface area contributed by atoms with Crippen LogP contribution in [0.25, 0.3) is 0 Å². The number of carbonyl (C=O) groups excluding carboxylic acids is 3. The van der Waals surface area contributed by atoms with Crippen molar-refractivity contribution in [1.29, 1.82) is 0 Å². The fourth-order valence-electron chi connectivity index (χ4n) is 6.74. The van der Waals surface area contributed by atoms with Crippen molar-refractivity contribution >= 4 is 17.9 Å². The summed E-state index contributed by atoms with van der Waals surface area (Å²) in [4.78, 5) is 37.8. The lowest BCUT2D eigenvalue weighted by Crippen LogP contribution is -2.30. The summed E-state index contributed by atoms with van der Waals surface area (Å²) in [5, 5.41) is 0. The topological polar surface area (TPSA) is 78.9 Å². The highest BCUT2D eigenvalue weighted by Crippen LogP contribution is 2.14. The van der Waals surface area contributed by atoms with Crippen molar-refractivity contribution in [1.82, 2.24) is 0 Å². The van der Waals surface area contributed by atoms with Gasteiger partial charge in [0.1, 0.15) is 13.2 Å². The molecule has 6 heteroatoms. The van der Waals surface area contributed by atoms with Crippen LogP contribution < -0.4 is 0 Å². The van der Waals surface area contributed by atoms with Gasteiger partial charge in [0, 0.05) is 12.8 Å². The molecule has 1 atom stereocenters. The lowest BCUT2D eigenvalue weighted by molar-refractivity contribution is -0.166. The van der Waals surface area contributed by atoms with E-state index in [-0.39, 0.29) is 38.0 Å². The van der Waals surface area contributed by atoms with Gasteiger partial charge in [-0.2, -0.15) is 0 Å². The van der Waals surface area contributed by atoms with Gasteiger partial charge in [-0.1, -0.05) is 226 Å². The van der Waals surface area contributed by atoms with E-state index < -0.39 is 12.1 Å². The molecule has 0 N–H and O–H groups in total. The van der Waals surface area contributed by atoms with Crippen molar-refractivity contribution in [3.8, 4) is 0 Å². The zero-order valence-corrected chi connectivity index (χ0v) is 41.3. The predicted octanol–water partition coefficient (Wildman–Crippen LogP) is 17.1. The molecule has 0 radical (unpaired) electrons. The molecule has 0 aliphatic heterocycles. The smallest absolute Gasteiger partial charge is 0.309 e. The Hall–Kier alpha value is -3.93. The molecular weight excluding hydrogens is 793 g/mol. The molecule has 0 amide bonds. The Bertz CT molecular complexity index is 1340. The summed E-state index contributed by atoms with van der Waals surface area (Å²) in [7, 11) is 0. The summed E-state index contributed by atoms with van der Waals surface area (Å²) < 4.78 is 16.6. The summed E-state index contributed by atoms with van der Waals surface area (Å²) in [5.41, 5.74) is 0. The van der Waals surface area contributed by atoms with Crippen LogP contribution in [0.4, 0.5) is 0 Å². The van der Waals surface area contributed by atoms with E-state index in [4.69, 9.17) is 14.2 Å². The van der Waals surface area contributed by atoms with Gasteiger partial charge in [-0.15, -0.1) is 0 Å². The van der Waals surface area contributed by atoms with Gasteiger partial charge in [0.2, 0.25) is 0 Å². The number of unbranched alkanes of at least 4 members (excludes halogenated alkanes) is 21. The van der Waals surface area contributed by atoms with Crippen molar-refractivity contribution in [2.24, 2.45) is 0 Å². The lowest BCUT2D eigenvalue weighted by atomic mass is 10.1. The molecule has 0 spiro atoms. The minimum Gasteiger partial charge on any atom is -0.462 e. The molecule has 0 rings (SSSR count). The normalized spacial score (nSPS) is 13.0. The lowest BCUT2D eigenvalue weighted by Gasteiger charge is -2.18. The molecule has 0 aliphatic rings.